The van der Waals surface area contributed by atoms with E-state index < -0.39 is 42.8 Å². The van der Waals surface area contributed by atoms with E-state index in [-0.39, 0.29) is 30.8 Å². The maximum absolute atomic E-state index is 11.7. The second-order valence-corrected chi connectivity index (χ2v) is 12.5. The van der Waals surface area contributed by atoms with Crippen molar-refractivity contribution in [3.8, 4) is 39.9 Å². The minimum absolute atomic E-state index is 0.0611. The van der Waals surface area contributed by atoms with Crippen LogP contribution in [0.15, 0.2) is 48.5 Å². The number of aliphatic hydroxyl groups is 4. The number of methoxy groups -OCH3 is 2. The summed E-state index contributed by atoms with van der Waals surface area (Å²) in [6, 6.07) is 14.7. The van der Waals surface area contributed by atoms with Gasteiger partial charge in [0.25, 0.3) is 0 Å². The molecule has 0 amide bonds. The summed E-state index contributed by atoms with van der Waals surface area (Å²) >= 11 is 0. The second-order valence-electron chi connectivity index (χ2n) is 12.5. The van der Waals surface area contributed by atoms with E-state index in [0.717, 1.165) is 28.7 Å². The van der Waals surface area contributed by atoms with Crippen molar-refractivity contribution < 1.29 is 58.7 Å². The van der Waals surface area contributed by atoms with Crippen molar-refractivity contribution >= 4 is 5.97 Å². The van der Waals surface area contributed by atoms with Crippen LogP contribution in [-0.2, 0) is 9.53 Å². The zero-order valence-corrected chi connectivity index (χ0v) is 26.5. The number of carboxylic acid groups (broad SMARTS) is 1. The molecule has 5 N–H and O–H groups in total. The lowest BCUT2D eigenvalue weighted by Gasteiger charge is -2.38. The van der Waals surface area contributed by atoms with Crippen LogP contribution in [-0.4, -0.2) is 89.6 Å². The molecule has 0 aromatic heterocycles. The van der Waals surface area contributed by atoms with E-state index in [1.54, 1.807) is 26.4 Å². The summed E-state index contributed by atoms with van der Waals surface area (Å²) in [7, 11) is 3.11. The highest BCUT2D eigenvalue weighted by Crippen LogP contribution is 2.60. The number of carbonyl (C=O) groups is 1. The quantitative estimate of drug-likeness (QED) is 0.216. The average molecular weight is 653 g/mol. The van der Waals surface area contributed by atoms with E-state index in [0.29, 0.717) is 34.5 Å². The van der Waals surface area contributed by atoms with Crippen molar-refractivity contribution in [2.75, 3.05) is 27.4 Å². The molecule has 252 valence electrons. The molecule has 0 unspecified atom stereocenters. The molecule has 3 aromatic rings. The SMILES string of the molecule is COc1cc([C@H](CO)CC(C)C)c2c(c1OC)O[C@H]1c3c(cc(O[C@H]4O[C@H](C(=O)O)[C@@H](O)[C@H](O)[C@H]4O)cc3-c3ccccc3)OC[C@H]21. The molecule has 1 saturated heterocycles. The molecule has 0 spiro atoms. The van der Waals surface area contributed by atoms with Crippen molar-refractivity contribution in [1.82, 2.24) is 0 Å². The second kappa shape index (κ2) is 13.2. The first-order valence-corrected chi connectivity index (χ1v) is 15.6. The Morgan fingerprint density at radius 1 is 0.979 bits per heavy atom. The van der Waals surface area contributed by atoms with Crippen molar-refractivity contribution in [2.45, 2.75) is 68.9 Å². The van der Waals surface area contributed by atoms with Gasteiger partial charge in [-0.1, -0.05) is 44.2 Å². The first-order chi connectivity index (χ1) is 22.6. The Morgan fingerprint density at radius 2 is 1.72 bits per heavy atom. The molecular weight excluding hydrogens is 612 g/mol. The molecule has 3 heterocycles. The van der Waals surface area contributed by atoms with Gasteiger partial charge in [0.05, 0.1) is 26.7 Å². The van der Waals surface area contributed by atoms with E-state index in [9.17, 15) is 30.3 Å². The summed E-state index contributed by atoms with van der Waals surface area (Å²) in [6.45, 7) is 4.38. The first-order valence-electron chi connectivity index (χ1n) is 15.6. The summed E-state index contributed by atoms with van der Waals surface area (Å²) < 4.78 is 36.0. The van der Waals surface area contributed by atoms with Crippen molar-refractivity contribution in [2.24, 2.45) is 5.92 Å². The van der Waals surface area contributed by atoms with Gasteiger partial charge in [-0.25, -0.2) is 4.79 Å². The molecule has 6 rings (SSSR count). The van der Waals surface area contributed by atoms with E-state index in [4.69, 9.17) is 28.4 Å². The predicted octanol–water partition coefficient (Wildman–Crippen LogP) is 3.37. The molecule has 12 nitrogen and oxygen atoms in total. The number of fused-ring (bicyclic) bond motifs is 5. The number of aliphatic hydroxyl groups excluding tert-OH is 4. The van der Waals surface area contributed by atoms with Crippen LogP contribution in [0.4, 0.5) is 0 Å². The predicted molar refractivity (Wildman–Crippen MR) is 167 cm³/mol. The van der Waals surface area contributed by atoms with Crippen molar-refractivity contribution in [3.63, 3.8) is 0 Å². The number of carboxylic acids is 1. The maximum Gasteiger partial charge on any atom is 0.335 e. The molecule has 3 aliphatic rings. The van der Waals surface area contributed by atoms with Gasteiger partial charge in [-0.15, -0.1) is 0 Å². The third-order valence-corrected chi connectivity index (χ3v) is 9.06. The molecule has 3 aromatic carbocycles. The van der Waals surface area contributed by atoms with Crippen LogP contribution in [0, 0.1) is 5.92 Å². The van der Waals surface area contributed by atoms with Crippen LogP contribution in [0.1, 0.15) is 54.9 Å². The van der Waals surface area contributed by atoms with Gasteiger partial charge in [-0.3, -0.25) is 0 Å². The Morgan fingerprint density at radius 3 is 2.36 bits per heavy atom. The zero-order valence-electron chi connectivity index (χ0n) is 26.5. The largest absolute Gasteiger partial charge is 0.493 e. The lowest BCUT2D eigenvalue weighted by molar-refractivity contribution is -0.271. The topological polar surface area (TPSA) is 174 Å². The van der Waals surface area contributed by atoms with E-state index in [2.05, 4.69) is 13.8 Å². The highest BCUT2D eigenvalue weighted by atomic mass is 16.7. The fourth-order valence-corrected chi connectivity index (χ4v) is 6.89. The average Bonchev–Trinajstić information content (AvgIpc) is 3.46. The Bertz CT molecular complexity index is 1610. The molecule has 0 saturated carbocycles. The number of hydrogen-bond donors (Lipinski definition) is 5. The molecule has 1 fully saturated rings. The first kappa shape index (κ1) is 32.9. The van der Waals surface area contributed by atoms with Gasteiger partial charge in [0, 0.05) is 29.7 Å². The standard InChI is InChI=1S/C35H40O12/c1-16(2)10-18(14-36)21-13-24(42-3)31(43-4)32-25(21)22-15-44-23-12-19(45-35-29(39)27(37)28(38)33(47-35)34(40)41)11-20(26(23)30(22)46-32)17-8-6-5-7-9-17/h5-9,11-13,16,18,22,27-30,33,35-39H,10,14-15H2,1-4H3,(H,40,41)/t18-,22+,27-,28-,29+,30+,33-,35-/m0/s1. The number of ether oxygens (including phenoxy) is 6. The molecule has 3 aliphatic heterocycles. The van der Waals surface area contributed by atoms with Crippen LogP contribution in [0.3, 0.4) is 0 Å². The number of rotatable bonds is 10. The Balaban J connectivity index is 1.45. The molecule has 12 heteroatoms. The van der Waals surface area contributed by atoms with Gasteiger partial charge in [0.2, 0.25) is 12.0 Å². The Hall–Kier alpha value is -4.07. The summed E-state index contributed by atoms with van der Waals surface area (Å²) in [5.74, 6) is 0.442. The smallest absolute Gasteiger partial charge is 0.335 e. The van der Waals surface area contributed by atoms with E-state index in [1.165, 1.54) is 0 Å². The Kier molecular flexibility index (Phi) is 9.23. The van der Waals surface area contributed by atoms with E-state index >= 15 is 0 Å². The Labute approximate surface area is 272 Å². The van der Waals surface area contributed by atoms with Crippen molar-refractivity contribution in [1.29, 1.82) is 0 Å². The highest BCUT2D eigenvalue weighted by molar-refractivity contribution is 5.75. The fourth-order valence-electron chi connectivity index (χ4n) is 6.89. The van der Waals surface area contributed by atoms with Crippen LogP contribution >= 0.6 is 0 Å². The van der Waals surface area contributed by atoms with Gasteiger partial charge >= 0.3 is 5.97 Å². The van der Waals surface area contributed by atoms with Crippen LogP contribution < -0.4 is 23.7 Å². The number of hydrogen-bond acceptors (Lipinski definition) is 11. The van der Waals surface area contributed by atoms with Gasteiger partial charge in [-0.05, 0) is 41.2 Å². The summed E-state index contributed by atoms with van der Waals surface area (Å²) in [4.78, 5) is 11.7. The summed E-state index contributed by atoms with van der Waals surface area (Å²) in [5, 5.41) is 51.1. The van der Waals surface area contributed by atoms with Gasteiger partial charge in [-0.2, -0.15) is 0 Å². The zero-order chi connectivity index (χ0) is 33.6. The number of benzene rings is 3. The van der Waals surface area contributed by atoms with Gasteiger partial charge in [0.1, 0.15) is 35.9 Å². The molecule has 0 radical (unpaired) electrons. The maximum atomic E-state index is 11.7. The van der Waals surface area contributed by atoms with Gasteiger partial charge < -0.3 is 54.0 Å². The van der Waals surface area contributed by atoms with Gasteiger partial charge in [0.15, 0.2) is 17.6 Å². The van der Waals surface area contributed by atoms with Crippen LogP contribution in [0.25, 0.3) is 11.1 Å². The van der Waals surface area contributed by atoms with Crippen LogP contribution in [0.2, 0.25) is 0 Å². The third-order valence-electron chi connectivity index (χ3n) is 9.06. The molecular formula is C35H40O12. The van der Waals surface area contributed by atoms with Crippen LogP contribution in [0.5, 0.6) is 28.7 Å². The third kappa shape index (κ3) is 5.85. The van der Waals surface area contributed by atoms with Crippen molar-refractivity contribution in [3.05, 3.63) is 65.2 Å². The van der Waals surface area contributed by atoms with E-state index in [1.807, 2.05) is 36.4 Å². The molecule has 0 aliphatic carbocycles. The normalized spacial score (nSPS) is 26.7. The lowest BCUT2D eigenvalue weighted by Crippen LogP contribution is -2.61. The molecule has 0 bridgehead atoms. The summed E-state index contributed by atoms with van der Waals surface area (Å²) in [6.07, 6.45) is -8.60. The number of aliphatic carboxylic acids is 1. The fraction of sp³-hybridized carbons (Fsp3) is 0.457. The minimum atomic E-state index is -1.85. The minimum Gasteiger partial charge on any atom is -0.493 e. The molecule has 47 heavy (non-hydrogen) atoms. The molecule has 8 atom stereocenters. The monoisotopic (exact) mass is 652 g/mol. The summed E-state index contributed by atoms with van der Waals surface area (Å²) in [5.41, 5.74) is 4.03. The lowest BCUT2D eigenvalue weighted by atomic mass is 9.79. The highest BCUT2D eigenvalue weighted by Gasteiger charge is 2.49.